The Morgan fingerprint density at radius 3 is 2.40 bits per heavy atom. The lowest BCUT2D eigenvalue weighted by Crippen LogP contribution is -2.54. The highest BCUT2D eigenvalue weighted by molar-refractivity contribution is 6.07. The van der Waals surface area contributed by atoms with Crippen molar-refractivity contribution in [1.29, 1.82) is 5.26 Å². The highest BCUT2D eigenvalue weighted by atomic mass is 19.4. The highest BCUT2D eigenvalue weighted by Gasteiger charge is 2.45. The Morgan fingerprint density at radius 2 is 1.75 bits per heavy atom. The Labute approximate surface area is 228 Å². The summed E-state index contributed by atoms with van der Waals surface area (Å²) >= 11 is 0. The van der Waals surface area contributed by atoms with Crippen LogP contribution in [0.1, 0.15) is 48.9 Å². The van der Waals surface area contributed by atoms with Gasteiger partial charge in [0, 0.05) is 37.7 Å². The molecular formula is C28H26F3N5O4. The number of hydrogen-bond donors (Lipinski definition) is 2. The lowest BCUT2D eigenvalue weighted by atomic mass is 9.83. The van der Waals surface area contributed by atoms with E-state index >= 15 is 0 Å². The zero-order valence-electron chi connectivity index (χ0n) is 21.5. The van der Waals surface area contributed by atoms with Crippen molar-refractivity contribution >= 4 is 29.3 Å². The maximum Gasteiger partial charge on any atom is 0.416 e. The molecule has 1 unspecified atom stereocenters. The molecule has 0 spiro atoms. The van der Waals surface area contributed by atoms with Crippen LogP contribution in [0.5, 0.6) is 0 Å². The van der Waals surface area contributed by atoms with Gasteiger partial charge >= 0.3 is 12.2 Å². The Hall–Kier alpha value is -4.66. The number of Topliss-reactive ketones (excluding diaryl/α,β-unsaturated/α-hetero) is 1. The van der Waals surface area contributed by atoms with Gasteiger partial charge in [-0.05, 0) is 48.7 Å². The molecule has 2 aromatic rings. The molecule has 0 bridgehead atoms. The predicted molar refractivity (Wildman–Crippen MR) is 138 cm³/mol. The van der Waals surface area contributed by atoms with Crippen molar-refractivity contribution in [3.8, 4) is 6.07 Å². The summed E-state index contributed by atoms with van der Waals surface area (Å²) in [6, 6.07) is 10.7. The van der Waals surface area contributed by atoms with Crippen LogP contribution in [-0.2, 0) is 20.6 Å². The number of allylic oxidation sites excluding steroid dienone is 1. The van der Waals surface area contributed by atoms with Gasteiger partial charge in [0.25, 0.3) is 0 Å². The van der Waals surface area contributed by atoms with Crippen LogP contribution in [-0.4, -0.2) is 48.2 Å². The first kappa shape index (κ1) is 28.4. The summed E-state index contributed by atoms with van der Waals surface area (Å²) in [6.45, 7) is 1.04. The van der Waals surface area contributed by atoms with E-state index in [2.05, 4.69) is 10.6 Å². The molecule has 2 N–H and O–H groups in total. The number of alkyl halides is 3. The summed E-state index contributed by atoms with van der Waals surface area (Å²) in [5.41, 5.74) is 0.305. The van der Waals surface area contributed by atoms with Crippen LogP contribution < -0.4 is 15.5 Å². The Bertz CT molecular complexity index is 1410. The van der Waals surface area contributed by atoms with Crippen molar-refractivity contribution < 1.29 is 32.3 Å². The van der Waals surface area contributed by atoms with Crippen molar-refractivity contribution in [2.24, 2.45) is 0 Å². The quantitative estimate of drug-likeness (QED) is 0.505. The number of urea groups is 1. The van der Waals surface area contributed by atoms with Crippen LogP contribution >= 0.6 is 0 Å². The van der Waals surface area contributed by atoms with Gasteiger partial charge in [-0.15, -0.1) is 0 Å². The molecule has 4 amide bonds. The summed E-state index contributed by atoms with van der Waals surface area (Å²) in [5.74, 6) is -1.15. The SMILES string of the molecule is CC(=O)NCCNC(=O)CN1C(=O)N(c2cccc(C(F)(F)F)c2)C2=C(C(=O)CCC2)C1c1ccc(C#N)cc1. The molecule has 2 aromatic carbocycles. The first-order chi connectivity index (χ1) is 19.0. The molecule has 0 saturated carbocycles. The highest BCUT2D eigenvalue weighted by Crippen LogP contribution is 2.44. The summed E-state index contributed by atoms with van der Waals surface area (Å²) in [4.78, 5) is 53.7. The number of anilines is 1. The number of carbonyl (C=O) groups is 4. The van der Waals surface area contributed by atoms with Crippen LogP contribution in [0.4, 0.5) is 23.7 Å². The molecule has 1 atom stereocenters. The predicted octanol–water partition coefficient (Wildman–Crippen LogP) is 3.82. The van der Waals surface area contributed by atoms with E-state index in [-0.39, 0.29) is 54.6 Å². The van der Waals surface area contributed by atoms with Gasteiger partial charge < -0.3 is 15.5 Å². The topological polar surface area (TPSA) is 123 Å². The van der Waals surface area contributed by atoms with Crippen LogP contribution in [0.25, 0.3) is 0 Å². The van der Waals surface area contributed by atoms with Gasteiger partial charge in [-0.2, -0.15) is 18.4 Å². The molecule has 9 nitrogen and oxygen atoms in total. The molecule has 0 fully saturated rings. The minimum Gasteiger partial charge on any atom is -0.355 e. The molecule has 1 aliphatic carbocycles. The summed E-state index contributed by atoms with van der Waals surface area (Å²) in [7, 11) is 0. The first-order valence-corrected chi connectivity index (χ1v) is 12.6. The normalized spacial score (nSPS) is 17.3. The van der Waals surface area contributed by atoms with Crippen LogP contribution in [0, 0.1) is 11.3 Å². The molecule has 1 aliphatic heterocycles. The van der Waals surface area contributed by atoms with Crippen LogP contribution in [0.15, 0.2) is 59.8 Å². The maximum absolute atomic E-state index is 14.0. The van der Waals surface area contributed by atoms with E-state index in [0.717, 1.165) is 21.9 Å². The molecule has 2 aliphatic rings. The van der Waals surface area contributed by atoms with E-state index in [0.29, 0.717) is 17.5 Å². The van der Waals surface area contributed by atoms with Crippen molar-refractivity contribution in [1.82, 2.24) is 15.5 Å². The van der Waals surface area contributed by atoms with Gasteiger partial charge in [0.15, 0.2) is 5.78 Å². The van der Waals surface area contributed by atoms with Gasteiger partial charge in [0.05, 0.1) is 28.9 Å². The van der Waals surface area contributed by atoms with Crippen LogP contribution in [0.3, 0.4) is 0 Å². The summed E-state index contributed by atoms with van der Waals surface area (Å²) in [6.07, 6.45) is -3.81. The second kappa shape index (κ2) is 11.6. The van der Waals surface area contributed by atoms with Crippen molar-refractivity contribution in [2.45, 2.75) is 38.4 Å². The van der Waals surface area contributed by atoms with E-state index in [1.807, 2.05) is 6.07 Å². The number of hydrogen-bond acceptors (Lipinski definition) is 5. The fraction of sp³-hybridized carbons (Fsp3) is 0.321. The number of halogens is 3. The third-order valence-electron chi connectivity index (χ3n) is 6.64. The monoisotopic (exact) mass is 553 g/mol. The average molecular weight is 554 g/mol. The van der Waals surface area contributed by atoms with Gasteiger partial charge in [-0.25, -0.2) is 4.79 Å². The number of ketones is 1. The van der Waals surface area contributed by atoms with Crippen molar-refractivity contribution in [2.75, 3.05) is 24.5 Å². The summed E-state index contributed by atoms with van der Waals surface area (Å²) in [5, 5.41) is 14.4. The molecular weight excluding hydrogens is 527 g/mol. The molecule has 0 saturated heterocycles. The Morgan fingerprint density at radius 1 is 1.05 bits per heavy atom. The van der Waals surface area contributed by atoms with Crippen LogP contribution in [0.2, 0.25) is 0 Å². The second-order valence-electron chi connectivity index (χ2n) is 9.40. The van der Waals surface area contributed by atoms with Gasteiger partial charge in [-0.1, -0.05) is 18.2 Å². The molecule has 0 radical (unpaired) electrons. The standard InChI is InChI=1S/C28H26F3N5O4/c1-17(37)33-12-13-34-24(39)16-35-26(19-10-8-18(15-32)9-11-19)25-22(6-3-7-23(25)38)36(27(35)40)21-5-2-4-20(14-21)28(29,30)31/h2,4-5,8-11,14,26H,3,6-7,12-13,16H2,1H3,(H,33,37)(H,34,39). The molecule has 40 heavy (non-hydrogen) atoms. The average Bonchev–Trinajstić information content (AvgIpc) is 2.91. The number of carbonyl (C=O) groups excluding carboxylic acids is 4. The third-order valence-corrected chi connectivity index (χ3v) is 6.64. The fourth-order valence-electron chi connectivity index (χ4n) is 4.88. The van der Waals surface area contributed by atoms with Gasteiger partial charge in [-0.3, -0.25) is 19.3 Å². The number of benzene rings is 2. The fourth-order valence-corrected chi connectivity index (χ4v) is 4.88. The van der Waals surface area contributed by atoms with Crippen molar-refractivity contribution in [3.63, 3.8) is 0 Å². The minimum atomic E-state index is -4.66. The molecule has 0 aromatic heterocycles. The lowest BCUT2D eigenvalue weighted by Gasteiger charge is -2.45. The first-order valence-electron chi connectivity index (χ1n) is 12.6. The number of nitrogens with one attached hydrogen (secondary N) is 2. The smallest absolute Gasteiger partial charge is 0.355 e. The largest absolute Gasteiger partial charge is 0.416 e. The molecule has 208 valence electrons. The summed E-state index contributed by atoms with van der Waals surface area (Å²) < 4.78 is 40.6. The molecule has 12 heteroatoms. The maximum atomic E-state index is 14.0. The number of nitrogens with zero attached hydrogens (tertiary/aromatic N) is 3. The Kier molecular flexibility index (Phi) is 8.23. The van der Waals surface area contributed by atoms with Gasteiger partial charge in [0.1, 0.15) is 6.54 Å². The third kappa shape index (κ3) is 5.98. The van der Waals surface area contributed by atoms with Crippen molar-refractivity contribution in [3.05, 3.63) is 76.5 Å². The number of nitriles is 1. The van der Waals surface area contributed by atoms with E-state index in [1.165, 1.54) is 31.2 Å². The van der Waals surface area contributed by atoms with E-state index < -0.39 is 36.3 Å². The zero-order valence-corrected chi connectivity index (χ0v) is 21.5. The molecule has 1 heterocycles. The minimum absolute atomic E-state index is 0.0728. The lowest BCUT2D eigenvalue weighted by molar-refractivity contribution is -0.137. The number of rotatable bonds is 7. The zero-order chi connectivity index (χ0) is 29.0. The Balaban J connectivity index is 1.81. The second-order valence-corrected chi connectivity index (χ2v) is 9.40. The van der Waals surface area contributed by atoms with E-state index in [9.17, 15) is 37.6 Å². The van der Waals surface area contributed by atoms with E-state index in [1.54, 1.807) is 12.1 Å². The van der Waals surface area contributed by atoms with E-state index in [4.69, 9.17) is 0 Å². The number of amides is 4. The molecule has 4 rings (SSSR count). The van der Waals surface area contributed by atoms with Gasteiger partial charge in [0.2, 0.25) is 11.8 Å².